The summed E-state index contributed by atoms with van der Waals surface area (Å²) < 4.78 is 42.4. The third kappa shape index (κ3) is 4.93. The van der Waals surface area contributed by atoms with Crippen molar-refractivity contribution in [1.82, 2.24) is 20.3 Å². The van der Waals surface area contributed by atoms with Gasteiger partial charge in [0.25, 0.3) is 5.92 Å². The van der Waals surface area contributed by atoms with Gasteiger partial charge in [-0.15, -0.1) is 0 Å². The molecule has 1 saturated carbocycles. The molecule has 3 aromatic heterocycles. The fourth-order valence-corrected chi connectivity index (χ4v) is 3.00. The molecular formula is C19H17ClF2N4O5. The smallest absolute Gasteiger partial charge is 0.404 e. The van der Waals surface area contributed by atoms with Crippen molar-refractivity contribution in [2.45, 2.75) is 25.3 Å². The Morgan fingerprint density at radius 2 is 2.16 bits per heavy atom. The molecule has 2 atom stereocenters. The average Bonchev–Trinajstić information content (AvgIpc) is 3.11. The van der Waals surface area contributed by atoms with Crippen LogP contribution in [-0.4, -0.2) is 51.3 Å². The molecule has 12 heteroatoms. The van der Waals surface area contributed by atoms with Gasteiger partial charge in [-0.3, -0.25) is 0 Å². The molecule has 0 saturated heterocycles. The summed E-state index contributed by atoms with van der Waals surface area (Å²) in [6.07, 6.45) is 1.48. The fourth-order valence-electron chi connectivity index (χ4n) is 2.76. The molecule has 1 aliphatic rings. The van der Waals surface area contributed by atoms with Gasteiger partial charge in [0.15, 0.2) is 5.58 Å². The van der Waals surface area contributed by atoms with Crippen molar-refractivity contribution in [1.29, 1.82) is 0 Å². The predicted octanol–water partition coefficient (Wildman–Crippen LogP) is 4.01. The lowest BCUT2D eigenvalue weighted by molar-refractivity contribution is 0.0855. The number of hydrogen-bond acceptors (Lipinski definition) is 7. The van der Waals surface area contributed by atoms with Crippen molar-refractivity contribution in [3.8, 4) is 23.2 Å². The van der Waals surface area contributed by atoms with Crippen LogP contribution in [0.25, 0.3) is 22.7 Å². The van der Waals surface area contributed by atoms with E-state index in [2.05, 4.69) is 20.3 Å². The van der Waals surface area contributed by atoms with E-state index in [1.807, 2.05) is 0 Å². The summed E-state index contributed by atoms with van der Waals surface area (Å²) in [6.45, 7) is 1.62. The Morgan fingerprint density at radius 3 is 2.84 bits per heavy atom. The number of rotatable bonds is 8. The van der Waals surface area contributed by atoms with Crippen LogP contribution < -0.4 is 14.8 Å². The number of hydrogen-bond donors (Lipinski definition) is 2. The van der Waals surface area contributed by atoms with Gasteiger partial charge in [0, 0.05) is 18.6 Å². The van der Waals surface area contributed by atoms with Crippen LogP contribution in [0.5, 0.6) is 11.6 Å². The van der Waals surface area contributed by atoms with Gasteiger partial charge in [-0.05, 0) is 6.92 Å². The number of halogens is 3. The summed E-state index contributed by atoms with van der Waals surface area (Å²) in [5.74, 6) is -2.80. The zero-order chi connectivity index (χ0) is 22.2. The van der Waals surface area contributed by atoms with Gasteiger partial charge in [0.1, 0.15) is 23.6 Å². The summed E-state index contributed by atoms with van der Waals surface area (Å²) in [5.41, 5.74) is 1.06. The van der Waals surface area contributed by atoms with E-state index in [0.717, 1.165) is 0 Å². The van der Waals surface area contributed by atoms with Gasteiger partial charge >= 0.3 is 6.09 Å². The minimum Gasteiger partial charge on any atom is -0.491 e. The third-order valence-corrected chi connectivity index (χ3v) is 4.81. The highest BCUT2D eigenvalue weighted by Gasteiger charge is 2.57. The van der Waals surface area contributed by atoms with E-state index in [0.29, 0.717) is 11.1 Å². The normalized spacial score (nSPS) is 17.9. The van der Waals surface area contributed by atoms with Crippen molar-refractivity contribution < 1.29 is 32.6 Å². The zero-order valence-corrected chi connectivity index (χ0v) is 16.9. The molecule has 3 aromatic rings. The molecular weight excluding hydrogens is 438 g/mol. The van der Waals surface area contributed by atoms with E-state index in [1.54, 1.807) is 6.92 Å². The average molecular weight is 455 g/mol. The summed E-state index contributed by atoms with van der Waals surface area (Å²) in [4.78, 5) is 23.2. The molecule has 1 fully saturated rings. The Balaban J connectivity index is 1.44. The lowest BCUT2D eigenvalue weighted by Gasteiger charge is -2.11. The largest absolute Gasteiger partial charge is 0.491 e. The lowest BCUT2D eigenvalue weighted by atomic mass is 10.3. The minimum absolute atomic E-state index is 0.0768. The van der Waals surface area contributed by atoms with Crippen LogP contribution in [-0.2, 0) is 0 Å². The Kier molecular flexibility index (Phi) is 5.52. The van der Waals surface area contributed by atoms with Gasteiger partial charge in [0.05, 0.1) is 36.0 Å². The summed E-state index contributed by atoms with van der Waals surface area (Å²) >= 11 is 6.25. The number of nitrogens with zero attached hydrogens (tertiary/aromatic N) is 3. The summed E-state index contributed by atoms with van der Waals surface area (Å²) in [7, 11) is 0. The number of alkyl halides is 2. The molecule has 0 aliphatic heterocycles. The predicted molar refractivity (Wildman–Crippen MR) is 105 cm³/mol. The van der Waals surface area contributed by atoms with Crippen molar-refractivity contribution in [2.75, 3.05) is 13.2 Å². The number of pyridine rings is 2. The fraction of sp³-hybridized carbons (Fsp3) is 0.368. The number of fused-ring (bicyclic) bond motifs is 1. The second kappa shape index (κ2) is 8.14. The molecule has 1 aliphatic carbocycles. The maximum atomic E-state index is 12.9. The number of ether oxygens (including phenoxy) is 2. The van der Waals surface area contributed by atoms with Crippen LogP contribution in [0.1, 0.15) is 13.3 Å². The molecule has 0 unspecified atom stereocenters. The van der Waals surface area contributed by atoms with Gasteiger partial charge in [-0.1, -0.05) is 11.6 Å². The van der Waals surface area contributed by atoms with Crippen LogP contribution in [0.4, 0.5) is 13.6 Å². The molecule has 4 rings (SSSR count). The Labute approximate surface area is 179 Å². The van der Waals surface area contributed by atoms with Gasteiger partial charge in [-0.2, -0.15) is 0 Å². The highest BCUT2D eigenvalue weighted by Crippen LogP contribution is 2.48. The van der Waals surface area contributed by atoms with Crippen LogP contribution >= 0.6 is 11.6 Å². The van der Waals surface area contributed by atoms with Gasteiger partial charge in [-0.25, -0.2) is 28.5 Å². The van der Waals surface area contributed by atoms with Crippen molar-refractivity contribution in [2.24, 2.45) is 5.92 Å². The monoisotopic (exact) mass is 454 g/mol. The quantitative estimate of drug-likeness (QED) is 0.524. The molecule has 9 nitrogen and oxygen atoms in total. The standard InChI is InChI=1S/C19H17ClF2N4O5/c1-9(25-18(27)28)7-30-15-3-14-13(6-23-15)26-17(31-14)16-12(20)2-11(5-24-16)29-8-10-4-19(10,21)22/h2-3,5-6,9-10,25H,4,7-8H2,1H3,(H,27,28)/t9-,10+/m0/s1. The first-order chi connectivity index (χ1) is 14.7. The van der Waals surface area contributed by atoms with Gasteiger partial charge in [0.2, 0.25) is 11.8 Å². The third-order valence-electron chi connectivity index (χ3n) is 4.53. The van der Waals surface area contributed by atoms with E-state index in [-0.39, 0.29) is 47.9 Å². The number of amides is 1. The van der Waals surface area contributed by atoms with E-state index < -0.39 is 24.0 Å². The van der Waals surface area contributed by atoms with E-state index in [9.17, 15) is 13.6 Å². The first-order valence-corrected chi connectivity index (χ1v) is 9.64. The number of oxazole rings is 1. The summed E-state index contributed by atoms with van der Waals surface area (Å²) in [5, 5.41) is 11.1. The molecule has 164 valence electrons. The van der Waals surface area contributed by atoms with Crippen molar-refractivity contribution >= 4 is 28.8 Å². The molecule has 3 heterocycles. The van der Waals surface area contributed by atoms with Gasteiger partial charge < -0.3 is 24.3 Å². The maximum Gasteiger partial charge on any atom is 0.404 e. The molecule has 0 spiro atoms. The SMILES string of the molecule is C[C@@H](COc1cc2oc(-c3ncc(OC[C@H]4CC4(F)F)cc3Cl)nc2cn1)NC(=O)O. The second-order valence-electron chi connectivity index (χ2n) is 7.15. The highest BCUT2D eigenvalue weighted by atomic mass is 35.5. The number of nitrogens with one attached hydrogen (secondary N) is 1. The highest BCUT2D eigenvalue weighted by molar-refractivity contribution is 6.33. The van der Waals surface area contributed by atoms with Crippen LogP contribution in [0, 0.1) is 5.92 Å². The van der Waals surface area contributed by atoms with Crippen molar-refractivity contribution in [3.63, 3.8) is 0 Å². The second-order valence-corrected chi connectivity index (χ2v) is 7.55. The molecule has 1 amide bonds. The Morgan fingerprint density at radius 1 is 1.39 bits per heavy atom. The first kappa shape index (κ1) is 21.0. The van der Waals surface area contributed by atoms with E-state index >= 15 is 0 Å². The number of carbonyl (C=O) groups is 1. The Bertz CT molecular complexity index is 1130. The van der Waals surface area contributed by atoms with Crippen LogP contribution in [0.3, 0.4) is 0 Å². The molecule has 0 bridgehead atoms. The van der Waals surface area contributed by atoms with E-state index in [4.69, 9.17) is 30.6 Å². The lowest BCUT2D eigenvalue weighted by Crippen LogP contribution is -2.35. The summed E-state index contributed by atoms with van der Waals surface area (Å²) in [6, 6.07) is 2.54. The zero-order valence-electron chi connectivity index (χ0n) is 16.1. The molecule has 0 radical (unpaired) electrons. The maximum absolute atomic E-state index is 12.9. The van der Waals surface area contributed by atoms with Crippen LogP contribution in [0.2, 0.25) is 5.02 Å². The van der Waals surface area contributed by atoms with E-state index in [1.165, 1.54) is 24.5 Å². The first-order valence-electron chi connectivity index (χ1n) is 9.26. The molecule has 2 N–H and O–H groups in total. The molecule has 31 heavy (non-hydrogen) atoms. The van der Waals surface area contributed by atoms with Crippen LogP contribution in [0.15, 0.2) is 28.9 Å². The Hall–Kier alpha value is -3.21. The topological polar surface area (TPSA) is 120 Å². The minimum atomic E-state index is -2.66. The number of carboxylic acid groups (broad SMARTS) is 1. The van der Waals surface area contributed by atoms with Crippen molar-refractivity contribution in [3.05, 3.63) is 29.5 Å². The molecule has 0 aromatic carbocycles. The number of aromatic nitrogens is 3.